The van der Waals surface area contributed by atoms with Crippen molar-refractivity contribution in [2.24, 2.45) is 0 Å². The first-order valence-electron chi connectivity index (χ1n) is 11.9. The highest BCUT2D eigenvalue weighted by Crippen LogP contribution is 2.38. The monoisotopic (exact) mass is 534 g/mol. The number of carbonyl (C=O) groups excluding carboxylic acids is 2. The smallest absolute Gasteiger partial charge is 0.387 e. The molecule has 204 valence electrons. The molecule has 0 bridgehead atoms. The molecule has 2 amide bonds. The van der Waals surface area contributed by atoms with Crippen LogP contribution in [-0.4, -0.2) is 67.6 Å². The molecule has 0 aliphatic heterocycles. The number of benzene rings is 1. The summed E-state index contributed by atoms with van der Waals surface area (Å²) in [5.41, 5.74) is 1.89. The number of rotatable bonds is 11. The van der Waals surface area contributed by atoms with Crippen molar-refractivity contribution in [3.05, 3.63) is 47.8 Å². The minimum Gasteiger partial charge on any atom is -0.496 e. The van der Waals surface area contributed by atoms with Gasteiger partial charge in [0.1, 0.15) is 29.8 Å². The van der Waals surface area contributed by atoms with Crippen molar-refractivity contribution in [1.82, 2.24) is 20.2 Å². The van der Waals surface area contributed by atoms with Crippen LogP contribution >= 0.6 is 0 Å². The van der Waals surface area contributed by atoms with E-state index in [2.05, 4.69) is 20.5 Å². The van der Waals surface area contributed by atoms with Crippen molar-refractivity contribution in [2.75, 3.05) is 27.4 Å². The van der Waals surface area contributed by atoms with Gasteiger partial charge in [-0.1, -0.05) is 19.9 Å². The average Bonchev–Trinajstić information content (AvgIpc) is 3.39. The lowest BCUT2D eigenvalue weighted by Crippen LogP contribution is -2.29. The highest BCUT2D eigenvalue weighted by molar-refractivity contribution is 6.01. The number of aromatic nitrogens is 2. The van der Waals surface area contributed by atoms with Crippen LogP contribution in [0.5, 0.6) is 11.5 Å². The lowest BCUT2D eigenvalue weighted by molar-refractivity contribution is -0.125. The molecule has 2 heterocycles. The van der Waals surface area contributed by atoms with Gasteiger partial charge in [-0.05, 0) is 29.3 Å². The molecule has 0 radical (unpaired) electrons. The molecule has 0 saturated heterocycles. The molecule has 1 saturated carbocycles. The van der Waals surface area contributed by atoms with E-state index >= 15 is 0 Å². The van der Waals surface area contributed by atoms with Gasteiger partial charge in [-0.15, -0.1) is 0 Å². The van der Waals surface area contributed by atoms with Crippen LogP contribution in [0.2, 0.25) is 0 Å². The fourth-order valence-corrected chi connectivity index (χ4v) is 4.03. The third kappa shape index (κ3) is 5.85. The Bertz CT molecular complexity index is 1340. The molecule has 4 rings (SSSR count). The van der Waals surface area contributed by atoms with Gasteiger partial charge in [0.2, 0.25) is 5.91 Å². The van der Waals surface area contributed by atoms with Crippen LogP contribution in [0.4, 0.5) is 13.2 Å². The van der Waals surface area contributed by atoms with Gasteiger partial charge in [-0.2, -0.15) is 13.9 Å². The van der Waals surface area contributed by atoms with Gasteiger partial charge in [0.25, 0.3) is 5.91 Å². The van der Waals surface area contributed by atoms with E-state index in [1.807, 2.05) is 32.2 Å². The van der Waals surface area contributed by atoms with Gasteiger partial charge >= 0.3 is 6.61 Å². The Hall–Kier alpha value is -3.80. The Kier molecular flexibility index (Phi) is 7.81. The van der Waals surface area contributed by atoms with E-state index in [0.717, 1.165) is 5.56 Å². The predicted molar refractivity (Wildman–Crippen MR) is 132 cm³/mol. The molecular formula is C26H29F3N4O5. The molecule has 0 spiro atoms. The second kappa shape index (κ2) is 10.9. The minimum atomic E-state index is -3.20. The molecule has 38 heavy (non-hydrogen) atoms. The van der Waals surface area contributed by atoms with Crippen LogP contribution in [0, 0.1) is 0 Å². The van der Waals surface area contributed by atoms with E-state index in [0.29, 0.717) is 23.3 Å². The van der Waals surface area contributed by atoms with Crippen molar-refractivity contribution < 1.29 is 37.0 Å². The Balaban J connectivity index is 1.67. The molecule has 1 fully saturated rings. The van der Waals surface area contributed by atoms with Gasteiger partial charge < -0.3 is 24.8 Å². The maximum atomic E-state index is 13.3. The van der Waals surface area contributed by atoms with E-state index in [1.54, 1.807) is 10.7 Å². The molecule has 1 aliphatic rings. The topological polar surface area (TPSA) is 103 Å². The summed E-state index contributed by atoms with van der Waals surface area (Å²) in [5, 5.41) is 9.38. The fourth-order valence-electron chi connectivity index (χ4n) is 4.03. The number of ether oxygens (including phenoxy) is 3. The number of methoxy groups -OCH3 is 1. The average molecular weight is 535 g/mol. The number of carbonyl (C=O) groups is 2. The summed E-state index contributed by atoms with van der Waals surface area (Å²) in [5.74, 6) is -1.38. The molecule has 2 N–H and O–H groups in total. The number of nitrogens with one attached hydrogen (secondary N) is 2. The standard InChI is InChI=1S/C26H29F3N4O5/c1-26(2,13-37-12-22(34)30-3)15-5-6-19-16(10-31-33(19)11-15)14-7-20(36-4)23(21(8-14)38-25(28)29)24(35)32-18-9-17(18)27/h5-8,10-11,17-18,25H,9,12-13H2,1-4H3,(H,30,34)(H,32,35). The molecule has 2 unspecified atom stereocenters. The summed E-state index contributed by atoms with van der Waals surface area (Å²) in [4.78, 5) is 24.2. The van der Waals surface area contributed by atoms with E-state index in [4.69, 9.17) is 9.47 Å². The summed E-state index contributed by atoms with van der Waals surface area (Å²) < 4.78 is 57.1. The second-order valence-corrected chi connectivity index (χ2v) is 9.62. The Labute approximate surface area is 217 Å². The van der Waals surface area contributed by atoms with Gasteiger partial charge in [0.15, 0.2) is 0 Å². The summed E-state index contributed by atoms with van der Waals surface area (Å²) >= 11 is 0. The van der Waals surface area contributed by atoms with E-state index in [-0.39, 0.29) is 30.2 Å². The lowest BCUT2D eigenvalue weighted by Gasteiger charge is -2.25. The molecule has 9 nitrogen and oxygen atoms in total. The first-order valence-corrected chi connectivity index (χ1v) is 11.9. The highest BCUT2D eigenvalue weighted by atomic mass is 19.3. The zero-order valence-electron chi connectivity index (χ0n) is 21.4. The van der Waals surface area contributed by atoms with Crippen molar-refractivity contribution in [2.45, 2.75) is 44.5 Å². The van der Waals surface area contributed by atoms with Gasteiger partial charge in [0, 0.05) is 30.6 Å². The fraction of sp³-hybridized carbons (Fsp3) is 0.423. The van der Waals surface area contributed by atoms with Crippen molar-refractivity contribution in [3.63, 3.8) is 0 Å². The molecule has 2 atom stereocenters. The number of amides is 2. The van der Waals surface area contributed by atoms with E-state index in [9.17, 15) is 22.8 Å². The minimum absolute atomic E-state index is 0.00271. The number of pyridine rings is 1. The Morgan fingerprint density at radius 3 is 2.58 bits per heavy atom. The van der Waals surface area contributed by atoms with Crippen LogP contribution in [0.15, 0.2) is 36.7 Å². The first kappa shape index (κ1) is 27.2. The molecule has 12 heteroatoms. The third-order valence-electron chi connectivity index (χ3n) is 6.34. The van der Waals surface area contributed by atoms with Crippen LogP contribution in [0.25, 0.3) is 16.6 Å². The van der Waals surface area contributed by atoms with E-state index in [1.165, 1.54) is 26.3 Å². The highest BCUT2D eigenvalue weighted by Gasteiger charge is 2.40. The van der Waals surface area contributed by atoms with E-state index < -0.39 is 35.9 Å². The molecule has 1 aromatic carbocycles. The Morgan fingerprint density at radius 1 is 1.24 bits per heavy atom. The lowest BCUT2D eigenvalue weighted by atomic mass is 9.86. The second-order valence-electron chi connectivity index (χ2n) is 9.62. The molecule has 1 aliphatic carbocycles. The molecule has 3 aromatic rings. The summed E-state index contributed by atoms with van der Waals surface area (Å²) in [7, 11) is 2.84. The quantitative estimate of drug-likeness (QED) is 0.391. The van der Waals surface area contributed by atoms with Crippen LogP contribution in [0.1, 0.15) is 36.2 Å². The van der Waals surface area contributed by atoms with Crippen molar-refractivity contribution in [3.8, 4) is 22.6 Å². The maximum Gasteiger partial charge on any atom is 0.387 e. The maximum absolute atomic E-state index is 13.3. The number of nitrogens with zero attached hydrogens (tertiary/aromatic N) is 2. The number of likely N-dealkylation sites (N-methyl/N-ethyl adjacent to an activating group) is 1. The van der Waals surface area contributed by atoms with Crippen molar-refractivity contribution in [1.29, 1.82) is 0 Å². The van der Waals surface area contributed by atoms with Gasteiger partial charge in [0.05, 0.1) is 31.5 Å². The predicted octanol–water partition coefficient (Wildman–Crippen LogP) is 3.49. The van der Waals surface area contributed by atoms with Crippen LogP contribution < -0.4 is 20.1 Å². The first-order chi connectivity index (χ1) is 18.0. The zero-order valence-corrected chi connectivity index (χ0v) is 21.4. The molecular weight excluding hydrogens is 505 g/mol. The van der Waals surface area contributed by atoms with Gasteiger partial charge in [-0.3, -0.25) is 9.59 Å². The largest absolute Gasteiger partial charge is 0.496 e. The third-order valence-corrected chi connectivity index (χ3v) is 6.34. The van der Waals surface area contributed by atoms with Crippen molar-refractivity contribution >= 4 is 17.3 Å². The van der Waals surface area contributed by atoms with Crippen LogP contribution in [0.3, 0.4) is 0 Å². The number of alkyl halides is 3. The molecule has 2 aromatic heterocycles. The van der Waals surface area contributed by atoms with Crippen LogP contribution in [-0.2, 0) is 14.9 Å². The zero-order chi connectivity index (χ0) is 27.6. The normalized spacial score (nSPS) is 16.9. The SMILES string of the molecule is CNC(=O)COCC(C)(C)c1ccc2c(-c3cc(OC)c(C(=O)NC4CC4F)c(OC(F)F)c3)cnn2c1. The number of hydrogen-bond donors (Lipinski definition) is 2. The number of fused-ring (bicyclic) bond motifs is 1. The van der Waals surface area contributed by atoms with Gasteiger partial charge in [-0.25, -0.2) is 8.91 Å². The summed E-state index contributed by atoms with van der Waals surface area (Å²) in [6.45, 7) is 0.979. The number of hydrogen-bond acceptors (Lipinski definition) is 6. The summed E-state index contributed by atoms with van der Waals surface area (Å²) in [6, 6.07) is 5.88. The number of halogens is 3. The Morgan fingerprint density at radius 2 is 1.95 bits per heavy atom. The summed E-state index contributed by atoms with van der Waals surface area (Å²) in [6.07, 6.45) is 2.38.